The van der Waals surface area contributed by atoms with Crippen molar-refractivity contribution in [1.82, 2.24) is 0 Å². The normalized spacial score (nSPS) is 14.5. The van der Waals surface area contributed by atoms with Crippen LogP contribution in [0, 0.1) is 5.92 Å². The van der Waals surface area contributed by atoms with E-state index in [2.05, 4.69) is 20.8 Å². The molecule has 0 rings (SSSR count). The molecule has 2 nitrogen and oxygen atoms in total. The van der Waals surface area contributed by atoms with Gasteiger partial charge in [-0.2, -0.15) is 0 Å². The van der Waals surface area contributed by atoms with Gasteiger partial charge in [0, 0.05) is 13.7 Å². The van der Waals surface area contributed by atoms with Gasteiger partial charge in [0.15, 0.2) is 0 Å². The largest absolute Gasteiger partial charge is 0.396 e. The van der Waals surface area contributed by atoms with Gasteiger partial charge in [-0.15, -0.1) is 0 Å². The summed E-state index contributed by atoms with van der Waals surface area (Å²) in [7, 11) is 1.76. The zero-order valence-electron chi connectivity index (χ0n) is 9.47. The molecule has 0 radical (unpaired) electrons. The van der Waals surface area contributed by atoms with Crippen LogP contribution >= 0.6 is 0 Å². The van der Waals surface area contributed by atoms with E-state index in [1.807, 2.05) is 0 Å². The predicted molar refractivity (Wildman–Crippen MR) is 55.8 cm³/mol. The van der Waals surface area contributed by atoms with E-state index in [0.29, 0.717) is 12.5 Å². The van der Waals surface area contributed by atoms with Crippen molar-refractivity contribution in [2.45, 2.75) is 52.1 Å². The summed E-state index contributed by atoms with van der Waals surface area (Å²) in [6.07, 6.45) is 4.39. The fourth-order valence-corrected chi connectivity index (χ4v) is 1.34. The molecular formula is C11H24O2. The number of ether oxygens (including phenoxy) is 1. The lowest BCUT2D eigenvalue weighted by Gasteiger charge is -2.23. The fourth-order valence-electron chi connectivity index (χ4n) is 1.34. The second-order valence-electron chi connectivity index (χ2n) is 4.47. The third-order valence-corrected chi connectivity index (χ3v) is 2.65. The molecule has 2 heteroatoms. The van der Waals surface area contributed by atoms with Crippen LogP contribution in [-0.4, -0.2) is 24.4 Å². The summed E-state index contributed by atoms with van der Waals surface area (Å²) in [5, 5.41) is 8.72. The van der Waals surface area contributed by atoms with E-state index < -0.39 is 0 Å². The van der Waals surface area contributed by atoms with Crippen LogP contribution in [0.15, 0.2) is 0 Å². The Kier molecular flexibility index (Phi) is 6.35. The second-order valence-corrected chi connectivity index (χ2v) is 4.47. The molecule has 0 aliphatic carbocycles. The average Bonchev–Trinajstić information content (AvgIpc) is 2.05. The molecule has 1 unspecified atom stereocenters. The van der Waals surface area contributed by atoms with Gasteiger partial charge in [-0.1, -0.05) is 19.8 Å². The zero-order valence-corrected chi connectivity index (χ0v) is 9.47. The van der Waals surface area contributed by atoms with Crippen LogP contribution in [0.25, 0.3) is 0 Å². The summed E-state index contributed by atoms with van der Waals surface area (Å²) in [5.41, 5.74) is 0.0128. The highest BCUT2D eigenvalue weighted by Gasteiger charge is 2.15. The number of aliphatic hydroxyl groups is 1. The number of methoxy groups -OCH3 is 1. The molecule has 0 heterocycles. The topological polar surface area (TPSA) is 29.5 Å². The van der Waals surface area contributed by atoms with Gasteiger partial charge < -0.3 is 9.84 Å². The van der Waals surface area contributed by atoms with Gasteiger partial charge in [0.25, 0.3) is 0 Å². The van der Waals surface area contributed by atoms with E-state index in [0.717, 1.165) is 12.8 Å². The molecular weight excluding hydrogens is 164 g/mol. The maximum atomic E-state index is 8.72. The first-order valence-corrected chi connectivity index (χ1v) is 5.18. The summed E-state index contributed by atoms with van der Waals surface area (Å²) < 4.78 is 5.33. The van der Waals surface area contributed by atoms with Crippen LogP contribution in [0.4, 0.5) is 0 Å². The van der Waals surface area contributed by atoms with Crippen LogP contribution in [0.1, 0.15) is 46.5 Å². The quantitative estimate of drug-likeness (QED) is 0.665. The zero-order chi connectivity index (χ0) is 10.3. The molecule has 0 spiro atoms. The molecule has 0 amide bonds. The predicted octanol–water partition coefficient (Wildman–Crippen LogP) is 2.60. The van der Waals surface area contributed by atoms with E-state index >= 15 is 0 Å². The molecule has 0 saturated heterocycles. The molecule has 0 aliphatic heterocycles. The smallest absolute Gasteiger partial charge is 0.0622 e. The minimum Gasteiger partial charge on any atom is -0.396 e. The summed E-state index contributed by atoms with van der Waals surface area (Å²) in [4.78, 5) is 0. The van der Waals surface area contributed by atoms with Crippen molar-refractivity contribution < 1.29 is 9.84 Å². The summed E-state index contributed by atoms with van der Waals surface area (Å²) >= 11 is 0. The summed E-state index contributed by atoms with van der Waals surface area (Å²) in [6, 6.07) is 0. The Balaban J connectivity index is 3.44. The average molecular weight is 188 g/mol. The van der Waals surface area contributed by atoms with Crippen LogP contribution in [0.5, 0.6) is 0 Å². The lowest BCUT2D eigenvalue weighted by atomic mass is 9.95. The molecule has 0 fully saturated rings. The lowest BCUT2D eigenvalue weighted by molar-refractivity contribution is 0.0126. The Morgan fingerprint density at radius 1 is 1.31 bits per heavy atom. The van der Waals surface area contributed by atoms with Gasteiger partial charge >= 0.3 is 0 Å². The Bertz CT molecular complexity index is 121. The first kappa shape index (κ1) is 12.9. The van der Waals surface area contributed by atoms with Crippen LogP contribution < -0.4 is 0 Å². The molecule has 0 aromatic rings. The van der Waals surface area contributed by atoms with E-state index in [4.69, 9.17) is 9.84 Å². The second kappa shape index (κ2) is 6.39. The first-order chi connectivity index (χ1) is 6.02. The van der Waals surface area contributed by atoms with E-state index in [-0.39, 0.29) is 5.60 Å². The van der Waals surface area contributed by atoms with Gasteiger partial charge in [0.1, 0.15) is 0 Å². The molecule has 0 aromatic carbocycles. The Hall–Kier alpha value is -0.0800. The van der Waals surface area contributed by atoms with E-state index in [1.165, 1.54) is 12.8 Å². The van der Waals surface area contributed by atoms with Gasteiger partial charge in [0.2, 0.25) is 0 Å². The molecule has 0 aliphatic rings. The third-order valence-electron chi connectivity index (χ3n) is 2.65. The van der Waals surface area contributed by atoms with Crippen molar-refractivity contribution in [3.63, 3.8) is 0 Å². The molecule has 1 N–H and O–H groups in total. The summed E-state index contributed by atoms with van der Waals surface area (Å²) in [6.45, 7) is 6.73. The van der Waals surface area contributed by atoms with Crippen LogP contribution in [0.3, 0.4) is 0 Å². The molecule has 1 atom stereocenters. The van der Waals surface area contributed by atoms with Gasteiger partial charge in [0.05, 0.1) is 5.60 Å². The van der Waals surface area contributed by atoms with Gasteiger partial charge in [-0.05, 0) is 32.6 Å². The Morgan fingerprint density at radius 3 is 2.38 bits per heavy atom. The third kappa shape index (κ3) is 7.03. The molecule has 0 saturated carbocycles. The van der Waals surface area contributed by atoms with Crippen LogP contribution in [0.2, 0.25) is 0 Å². The van der Waals surface area contributed by atoms with E-state index in [1.54, 1.807) is 7.11 Å². The lowest BCUT2D eigenvalue weighted by Crippen LogP contribution is -2.22. The Labute approximate surface area is 82.3 Å². The molecule has 0 bridgehead atoms. The maximum absolute atomic E-state index is 8.72. The summed E-state index contributed by atoms with van der Waals surface area (Å²) in [5.74, 6) is 0.637. The number of hydrogen-bond donors (Lipinski definition) is 1. The van der Waals surface area contributed by atoms with Crippen LogP contribution in [-0.2, 0) is 4.74 Å². The minimum atomic E-state index is 0.0128. The highest BCUT2D eigenvalue weighted by Crippen LogP contribution is 2.19. The Morgan fingerprint density at radius 2 is 1.92 bits per heavy atom. The minimum absolute atomic E-state index is 0.0128. The van der Waals surface area contributed by atoms with Gasteiger partial charge in [-0.3, -0.25) is 0 Å². The number of rotatable bonds is 7. The highest BCUT2D eigenvalue weighted by atomic mass is 16.5. The maximum Gasteiger partial charge on any atom is 0.0622 e. The highest BCUT2D eigenvalue weighted by molar-refractivity contribution is 4.68. The van der Waals surface area contributed by atoms with Crippen molar-refractivity contribution in [1.29, 1.82) is 0 Å². The van der Waals surface area contributed by atoms with Crippen molar-refractivity contribution >= 4 is 0 Å². The standard InChI is InChI=1S/C11H24O2/c1-10(7-9-12)6-5-8-11(2,3)13-4/h10,12H,5-9H2,1-4H3. The first-order valence-electron chi connectivity index (χ1n) is 5.18. The molecule has 80 valence electrons. The van der Waals surface area contributed by atoms with Crippen molar-refractivity contribution in [2.24, 2.45) is 5.92 Å². The van der Waals surface area contributed by atoms with Crippen molar-refractivity contribution in [2.75, 3.05) is 13.7 Å². The van der Waals surface area contributed by atoms with Crippen molar-refractivity contribution in [3.05, 3.63) is 0 Å². The van der Waals surface area contributed by atoms with Gasteiger partial charge in [-0.25, -0.2) is 0 Å². The molecule has 13 heavy (non-hydrogen) atoms. The van der Waals surface area contributed by atoms with E-state index in [9.17, 15) is 0 Å². The van der Waals surface area contributed by atoms with Crippen molar-refractivity contribution in [3.8, 4) is 0 Å². The fraction of sp³-hybridized carbons (Fsp3) is 1.00. The monoisotopic (exact) mass is 188 g/mol. The number of aliphatic hydroxyl groups excluding tert-OH is 1. The number of hydrogen-bond acceptors (Lipinski definition) is 2. The SMILES string of the molecule is COC(C)(C)CCCC(C)CCO. The molecule has 0 aromatic heterocycles.